The van der Waals surface area contributed by atoms with E-state index >= 15 is 0 Å². The Morgan fingerprint density at radius 3 is 2.68 bits per heavy atom. The second-order valence-corrected chi connectivity index (χ2v) is 6.97. The van der Waals surface area contributed by atoms with Crippen LogP contribution in [0.25, 0.3) is 0 Å². The van der Waals surface area contributed by atoms with Crippen molar-refractivity contribution >= 4 is 44.5 Å². The van der Waals surface area contributed by atoms with Crippen molar-refractivity contribution in [1.82, 2.24) is 5.16 Å². The maximum atomic E-state index is 11.9. The normalized spacial score (nSPS) is 11.5. The summed E-state index contributed by atoms with van der Waals surface area (Å²) in [5.74, 6) is 0.414. The highest BCUT2D eigenvalue weighted by Gasteiger charge is 2.26. The molecule has 0 saturated carbocycles. The first kappa shape index (κ1) is 13.8. The van der Waals surface area contributed by atoms with E-state index in [0.717, 1.165) is 6.07 Å². The molecule has 8 nitrogen and oxygen atoms in total. The van der Waals surface area contributed by atoms with E-state index in [4.69, 9.17) is 16.1 Å². The summed E-state index contributed by atoms with van der Waals surface area (Å²) in [4.78, 5) is 9.86. The van der Waals surface area contributed by atoms with E-state index in [2.05, 4.69) is 9.88 Å². The van der Waals surface area contributed by atoms with Crippen molar-refractivity contribution in [3.63, 3.8) is 0 Å². The number of rotatable bonds is 4. The number of aryl methyl sites for hydroxylation is 1. The van der Waals surface area contributed by atoms with E-state index in [1.807, 2.05) is 0 Å². The Morgan fingerprint density at radius 1 is 1.53 bits per heavy atom. The number of sulfonamides is 1. The smallest absolute Gasteiger partial charge is 0.300 e. The lowest BCUT2D eigenvalue weighted by atomic mass is 10.5. The molecule has 2 heterocycles. The first-order chi connectivity index (χ1) is 8.79. The van der Waals surface area contributed by atoms with Crippen molar-refractivity contribution in [2.45, 2.75) is 11.1 Å². The molecular formula is C8H6ClN3O5S2. The van der Waals surface area contributed by atoms with Crippen molar-refractivity contribution in [1.29, 1.82) is 0 Å². The van der Waals surface area contributed by atoms with Crippen molar-refractivity contribution in [2.75, 3.05) is 4.72 Å². The topological polar surface area (TPSA) is 115 Å². The highest BCUT2D eigenvalue weighted by atomic mass is 35.5. The fraction of sp³-hybridized carbons (Fsp3) is 0.125. The lowest BCUT2D eigenvalue weighted by molar-refractivity contribution is -0.384. The van der Waals surface area contributed by atoms with Gasteiger partial charge in [-0.2, -0.15) is 0 Å². The zero-order valence-corrected chi connectivity index (χ0v) is 11.7. The van der Waals surface area contributed by atoms with Crippen molar-refractivity contribution in [3.05, 3.63) is 32.3 Å². The predicted molar refractivity (Wildman–Crippen MR) is 68.0 cm³/mol. The van der Waals surface area contributed by atoms with Crippen LogP contribution in [0.4, 0.5) is 11.5 Å². The molecule has 0 unspecified atom stereocenters. The highest BCUT2D eigenvalue weighted by Crippen LogP contribution is 2.36. The minimum absolute atomic E-state index is 0.00956. The largest absolute Gasteiger partial charge is 0.360 e. The monoisotopic (exact) mass is 323 g/mol. The third-order valence-electron chi connectivity index (χ3n) is 1.97. The van der Waals surface area contributed by atoms with Gasteiger partial charge in [-0.3, -0.25) is 14.8 Å². The van der Waals surface area contributed by atoms with Gasteiger partial charge in [0.05, 0.1) is 4.92 Å². The van der Waals surface area contributed by atoms with Gasteiger partial charge in [-0.05, 0) is 6.92 Å². The molecular weight excluding hydrogens is 318 g/mol. The third kappa shape index (κ3) is 2.85. The zero-order chi connectivity index (χ0) is 14.2. The van der Waals surface area contributed by atoms with Gasteiger partial charge < -0.3 is 4.52 Å². The number of anilines is 1. The molecule has 0 amide bonds. The van der Waals surface area contributed by atoms with Gasteiger partial charge in [0.2, 0.25) is 0 Å². The molecule has 0 atom stereocenters. The Hall–Kier alpha value is -1.65. The number of hydrogen-bond donors (Lipinski definition) is 1. The van der Waals surface area contributed by atoms with Gasteiger partial charge in [0.1, 0.15) is 9.97 Å². The van der Waals surface area contributed by atoms with E-state index < -0.39 is 20.6 Å². The van der Waals surface area contributed by atoms with Gasteiger partial charge in [0, 0.05) is 12.1 Å². The van der Waals surface area contributed by atoms with Gasteiger partial charge in [-0.1, -0.05) is 16.8 Å². The van der Waals surface area contributed by atoms with E-state index in [9.17, 15) is 18.5 Å². The molecule has 2 aromatic rings. The van der Waals surface area contributed by atoms with Crippen molar-refractivity contribution < 1.29 is 17.9 Å². The lowest BCUT2D eigenvalue weighted by Crippen LogP contribution is -2.11. The van der Waals surface area contributed by atoms with Crippen molar-refractivity contribution in [3.8, 4) is 0 Å². The van der Waals surface area contributed by atoms with Crippen LogP contribution in [-0.2, 0) is 10.0 Å². The molecule has 11 heteroatoms. The molecule has 1 N–H and O–H groups in total. The van der Waals surface area contributed by atoms with E-state index in [-0.39, 0.29) is 14.4 Å². The number of halogens is 1. The lowest BCUT2D eigenvalue weighted by Gasteiger charge is -2.00. The molecule has 0 aliphatic carbocycles. The minimum Gasteiger partial charge on any atom is -0.360 e. The maximum Gasteiger partial charge on any atom is 0.300 e. The number of nitrogens with one attached hydrogen (secondary N) is 1. The first-order valence-electron chi connectivity index (χ1n) is 4.69. The average molecular weight is 324 g/mol. The van der Waals surface area contributed by atoms with E-state index in [1.165, 1.54) is 6.07 Å². The molecule has 2 aromatic heterocycles. The van der Waals surface area contributed by atoms with Crippen LogP contribution in [0.2, 0.25) is 4.34 Å². The Bertz CT molecular complexity index is 735. The van der Waals surface area contributed by atoms with Gasteiger partial charge in [0.25, 0.3) is 15.7 Å². The number of thiophene rings is 1. The van der Waals surface area contributed by atoms with Crippen LogP contribution in [0.15, 0.2) is 20.9 Å². The summed E-state index contributed by atoms with van der Waals surface area (Å²) < 4.78 is 30.2. The van der Waals surface area contributed by atoms with Crippen molar-refractivity contribution in [2.24, 2.45) is 0 Å². The van der Waals surface area contributed by atoms with Crippen LogP contribution in [0.3, 0.4) is 0 Å². The molecule has 0 aliphatic heterocycles. The van der Waals surface area contributed by atoms with Gasteiger partial charge in [-0.15, -0.1) is 11.3 Å². The van der Waals surface area contributed by atoms with Crippen LogP contribution in [0, 0.1) is 17.0 Å². The Morgan fingerprint density at radius 2 is 2.21 bits per heavy atom. The maximum absolute atomic E-state index is 11.9. The molecule has 102 valence electrons. The second kappa shape index (κ2) is 4.79. The highest BCUT2D eigenvalue weighted by molar-refractivity contribution is 7.94. The second-order valence-electron chi connectivity index (χ2n) is 3.41. The van der Waals surface area contributed by atoms with E-state index in [1.54, 1.807) is 6.92 Å². The Balaban J connectivity index is 2.34. The SMILES string of the molecule is Cc1cc(NS(=O)(=O)c2cc([N+](=O)[O-])c(Cl)s2)no1. The number of hydrogen-bond acceptors (Lipinski definition) is 7. The van der Waals surface area contributed by atoms with Gasteiger partial charge in [0.15, 0.2) is 10.2 Å². The first-order valence-corrected chi connectivity index (χ1v) is 7.37. The summed E-state index contributed by atoms with van der Waals surface area (Å²) in [5, 5.41) is 14.1. The van der Waals surface area contributed by atoms with E-state index in [0.29, 0.717) is 17.1 Å². The average Bonchev–Trinajstić information content (AvgIpc) is 2.84. The van der Waals surface area contributed by atoms with Crippen LogP contribution >= 0.6 is 22.9 Å². The fourth-order valence-corrected chi connectivity index (χ4v) is 3.85. The standard InChI is InChI=1S/C8H6ClN3O5S2/c1-4-2-6(10-17-4)11-19(15,16)7-3-5(12(13)14)8(9)18-7/h2-3H,1H3,(H,10,11). The summed E-state index contributed by atoms with van der Waals surface area (Å²) >= 11 is 6.19. The number of aromatic nitrogens is 1. The fourth-order valence-electron chi connectivity index (χ4n) is 1.20. The quantitative estimate of drug-likeness (QED) is 0.682. The summed E-state index contributed by atoms with van der Waals surface area (Å²) in [6, 6.07) is 2.27. The molecule has 0 aromatic carbocycles. The van der Waals surface area contributed by atoms with Gasteiger partial charge >= 0.3 is 0 Å². The summed E-state index contributed by atoms with van der Waals surface area (Å²) in [6.07, 6.45) is 0. The predicted octanol–water partition coefficient (Wildman–Crippen LogP) is 2.41. The van der Waals surface area contributed by atoms with Crippen LogP contribution in [0.1, 0.15) is 5.76 Å². The summed E-state index contributed by atoms with van der Waals surface area (Å²) in [6.45, 7) is 1.59. The molecule has 2 rings (SSSR count). The van der Waals surface area contributed by atoms with Crippen LogP contribution < -0.4 is 4.72 Å². The number of nitro groups is 1. The molecule has 0 radical (unpaired) electrons. The zero-order valence-electron chi connectivity index (χ0n) is 9.28. The summed E-state index contributed by atoms with van der Waals surface area (Å²) in [5.41, 5.74) is -0.455. The molecule has 19 heavy (non-hydrogen) atoms. The molecule has 0 fully saturated rings. The van der Waals surface area contributed by atoms with Gasteiger partial charge in [-0.25, -0.2) is 8.42 Å². The number of nitrogens with zero attached hydrogens (tertiary/aromatic N) is 2. The Labute approximate surface area is 116 Å². The minimum atomic E-state index is -3.98. The third-order valence-corrected chi connectivity index (χ3v) is 5.14. The Kier molecular flexibility index (Phi) is 3.47. The molecule has 0 aliphatic rings. The van der Waals surface area contributed by atoms with Crippen LogP contribution in [-0.4, -0.2) is 18.5 Å². The molecule has 0 saturated heterocycles. The summed E-state index contributed by atoms with van der Waals surface area (Å²) in [7, 11) is -3.98. The molecule has 0 spiro atoms. The van der Waals surface area contributed by atoms with Crippen LogP contribution in [0.5, 0.6) is 0 Å². The molecule has 0 bridgehead atoms.